The fraction of sp³-hybridized carbons (Fsp3) is 0.300. The Hall–Kier alpha value is -2.04. The molecule has 138 valence electrons. The van der Waals surface area contributed by atoms with Crippen LogP contribution in [0.2, 0.25) is 10.0 Å². The van der Waals surface area contributed by atoms with Crippen LogP contribution in [0.3, 0.4) is 0 Å². The minimum Gasteiger partial charge on any atom is -0.357 e. The van der Waals surface area contributed by atoms with Gasteiger partial charge in [-0.1, -0.05) is 54.4 Å². The molecule has 2 rings (SSSR count). The first kappa shape index (κ1) is 20.3. The number of nitrogens with zero attached hydrogens (tertiary/aromatic N) is 1. The zero-order valence-electron chi connectivity index (χ0n) is 14.8. The molecular weight excluding hydrogens is 371 g/mol. The lowest BCUT2D eigenvalue weighted by Gasteiger charge is -2.30. The Bertz CT molecular complexity index is 763. The Kier molecular flexibility index (Phi) is 7.49. The van der Waals surface area contributed by atoms with Crippen LogP contribution in [0, 0.1) is 0 Å². The van der Waals surface area contributed by atoms with Gasteiger partial charge in [0.25, 0.3) is 0 Å². The summed E-state index contributed by atoms with van der Waals surface area (Å²) in [5.41, 5.74) is 1.73. The normalized spacial score (nSPS) is 11.7. The summed E-state index contributed by atoms with van der Waals surface area (Å²) in [6.07, 6.45) is 0.705. The highest BCUT2D eigenvalue weighted by molar-refractivity contribution is 6.30. The van der Waals surface area contributed by atoms with Crippen molar-refractivity contribution in [2.75, 3.05) is 7.05 Å². The minimum atomic E-state index is -0.539. The number of likely N-dealkylation sites (N-methyl/N-ethyl adjacent to an activating group) is 1. The van der Waals surface area contributed by atoms with E-state index in [2.05, 4.69) is 5.32 Å². The van der Waals surface area contributed by atoms with Crippen molar-refractivity contribution in [1.29, 1.82) is 0 Å². The maximum atomic E-state index is 13.0. The Morgan fingerprint density at radius 1 is 1.04 bits per heavy atom. The SMILES string of the molecule is CC[C@@H](C(=O)NC)N(Cc1ccc(Cl)cc1)C(=O)Cc1cccc(Cl)c1. The lowest BCUT2D eigenvalue weighted by atomic mass is 10.1. The lowest BCUT2D eigenvalue weighted by Crippen LogP contribution is -2.48. The summed E-state index contributed by atoms with van der Waals surface area (Å²) in [6.45, 7) is 2.23. The summed E-state index contributed by atoms with van der Waals surface area (Å²) in [6, 6.07) is 13.9. The van der Waals surface area contributed by atoms with Crippen LogP contribution >= 0.6 is 23.2 Å². The van der Waals surface area contributed by atoms with Crippen LogP contribution in [-0.2, 0) is 22.6 Å². The van der Waals surface area contributed by atoms with Gasteiger partial charge < -0.3 is 10.2 Å². The molecule has 2 aromatic rings. The molecule has 1 atom stereocenters. The number of carbonyl (C=O) groups is 2. The summed E-state index contributed by atoms with van der Waals surface area (Å²) >= 11 is 12.0. The van der Waals surface area contributed by atoms with Crippen LogP contribution in [0.15, 0.2) is 48.5 Å². The summed E-state index contributed by atoms with van der Waals surface area (Å²) < 4.78 is 0. The van der Waals surface area contributed by atoms with Crippen molar-refractivity contribution >= 4 is 35.0 Å². The van der Waals surface area contributed by atoms with Gasteiger partial charge in [-0.2, -0.15) is 0 Å². The molecule has 6 heteroatoms. The third-order valence-corrected chi connectivity index (χ3v) is 4.63. The monoisotopic (exact) mass is 392 g/mol. The number of carbonyl (C=O) groups excluding carboxylic acids is 2. The quantitative estimate of drug-likeness (QED) is 0.771. The average Bonchev–Trinajstić information content (AvgIpc) is 2.62. The van der Waals surface area contributed by atoms with Gasteiger partial charge in [0.15, 0.2) is 0 Å². The third kappa shape index (κ3) is 5.48. The molecule has 0 aliphatic carbocycles. The molecule has 1 N–H and O–H groups in total. The van der Waals surface area contributed by atoms with E-state index < -0.39 is 6.04 Å². The molecule has 0 saturated carbocycles. The molecule has 2 aromatic carbocycles. The van der Waals surface area contributed by atoms with Crippen molar-refractivity contribution in [3.8, 4) is 0 Å². The Labute approximate surface area is 164 Å². The van der Waals surface area contributed by atoms with Crippen LogP contribution in [0.4, 0.5) is 0 Å². The van der Waals surface area contributed by atoms with Crippen molar-refractivity contribution in [2.24, 2.45) is 0 Å². The van der Waals surface area contributed by atoms with Gasteiger partial charge in [-0.3, -0.25) is 9.59 Å². The highest BCUT2D eigenvalue weighted by atomic mass is 35.5. The molecule has 0 fully saturated rings. The topological polar surface area (TPSA) is 49.4 Å². The second kappa shape index (κ2) is 9.60. The third-order valence-electron chi connectivity index (χ3n) is 4.14. The van der Waals surface area contributed by atoms with Gasteiger partial charge >= 0.3 is 0 Å². The second-order valence-corrected chi connectivity index (χ2v) is 6.87. The molecule has 0 aromatic heterocycles. The van der Waals surface area contributed by atoms with E-state index in [0.717, 1.165) is 11.1 Å². The molecule has 4 nitrogen and oxygen atoms in total. The largest absolute Gasteiger partial charge is 0.357 e. The lowest BCUT2D eigenvalue weighted by molar-refractivity contribution is -0.140. The molecule has 0 heterocycles. The van der Waals surface area contributed by atoms with Crippen molar-refractivity contribution in [3.63, 3.8) is 0 Å². The number of hydrogen-bond acceptors (Lipinski definition) is 2. The van der Waals surface area contributed by atoms with Crippen LogP contribution < -0.4 is 5.32 Å². The summed E-state index contributed by atoms with van der Waals surface area (Å²) in [5.74, 6) is -0.307. The number of hydrogen-bond donors (Lipinski definition) is 1. The van der Waals surface area contributed by atoms with Gasteiger partial charge in [0, 0.05) is 23.6 Å². The summed E-state index contributed by atoms with van der Waals surface area (Å²) in [7, 11) is 1.58. The van der Waals surface area contributed by atoms with Gasteiger partial charge in [0.1, 0.15) is 6.04 Å². The van der Waals surface area contributed by atoms with E-state index in [-0.39, 0.29) is 18.2 Å². The van der Waals surface area contributed by atoms with E-state index in [0.29, 0.717) is 23.0 Å². The molecule has 0 aliphatic heterocycles. The second-order valence-electron chi connectivity index (χ2n) is 5.99. The van der Waals surface area contributed by atoms with Crippen LogP contribution in [0.1, 0.15) is 24.5 Å². The molecule has 0 saturated heterocycles. The van der Waals surface area contributed by atoms with E-state index >= 15 is 0 Å². The van der Waals surface area contributed by atoms with Gasteiger partial charge in [0.2, 0.25) is 11.8 Å². The maximum Gasteiger partial charge on any atom is 0.242 e. The van der Waals surface area contributed by atoms with Crippen LogP contribution in [0.25, 0.3) is 0 Å². The standard InChI is InChI=1S/C20H22Cl2N2O2/c1-3-18(20(26)23-2)24(13-14-7-9-16(21)10-8-14)19(25)12-15-5-4-6-17(22)11-15/h4-11,18H,3,12-13H2,1-2H3,(H,23,26)/t18-/m0/s1. The molecule has 0 spiro atoms. The Balaban J connectivity index is 2.27. The van der Waals surface area contributed by atoms with Crippen molar-refractivity contribution in [3.05, 3.63) is 69.7 Å². The Morgan fingerprint density at radius 3 is 2.31 bits per heavy atom. The number of nitrogens with one attached hydrogen (secondary N) is 1. The van der Waals surface area contributed by atoms with Crippen molar-refractivity contribution in [2.45, 2.75) is 32.4 Å². The summed E-state index contributed by atoms with van der Waals surface area (Å²) in [4.78, 5) is 26.9. The molecule has 26 heavy (non-hydrogen) atoms. The van der Waals surface area contributed by atoms with Gasteiger partial charge in [-0.15, -0.1) is 0 Å². The van der Waals surface area contributed by atoms with Crippen molar-refractivity contribution in [1.82, 2.24) is 10.2 Å². The molecular formula is C20H22Cl2N2O2. The van der Waals surface area contributed by atoms with E-state index in [1.54, 1.807) is 36.2 Å². The minimum absolute atomic E-state index is 0.127. The van der Waals surface area contributed by atoms with E-state index in [1.807, 2.05) is 31.2 Å². The number of benzene rings is 2. The highest BCUT2D eigenvalue weighted by Gasteiger charge is 2.27. The van der Waals surface area contributed by atoms with Crippen LogP contribution in [0.5, 0.6) is 0 Å². The zero-order valence-corrected chi connectivity index (χ0v) is 16.3. The number of rotatable bonds is 7. The molecule has 0 radical (unpaired) electrons. The van der Waals surface area contributed by atoms with Crippen molar-refractivity contribution < 1.29 is 9.59 Å². The van der Waals surface area contributed by atoms with Gasteiger partial charge in [-0.05, 0) is 41.8 Å². The highest BCUT2D eigenvalue weighted by Crippen LogP contribution is 2.18. The zero-order chi connectivity index (χ0) is 19.1. The fourth-order valence-corrected chi connectivity index (χ4v) is 3.13. The summed E-state index contributed by atoms with van der Waals surface area (Å²) in [5, 5.41) is 3.85. The molecule has 2 amide bonds. The van der Waals surface area contributed by atoms with Crippen LogP contribution in [-0.4, -0.2) is 29.8 Å². The predicted molar refractivity (Wildman–Crippen MR) is 105 cm³/mol. The van der Waals surface area contributed by atoms with E-state index in [9.17, 15) is 9.59 Å². The molecule has 0 aliphatic rings. The van der Waals surface area contributed by atoms with Gasteiger partial charge in [-0.25, -0.2) is 0 Å². The smallest absolute Gasteiger partial charge is 0.242 e. The predicted octanol–water partition coefficient (Wildman–Crippen LogP) is 4.09. The number of amides is 2. The first-order valence-corrected chi connectivity index (χ1v) is 9.20. The molecule has 0 bridgehead atoms. The Morgan fingerprint density at radius 2 is 1.73 bits per heavy atom. The molecule has 0 unspecified atom stereocenters. The fourth-order valence-electron chi connectivity index (χ4n) is 2.80. The first-order valence-electron chi connectivity index (χ1n) is 8.44. The number of halogens is 2. The average molecular weight is 393 g/mol. The van der Waals surface area contributed by atoms with E-state index in [4.69, 9.17) is 23.2 Å². The van der Waals surface area contributed by atoms with E-state index in [1.165, 1.54) is 0 Å². The van der Waals surface area contributed by atoms with Gasteiger partial charge in [0.05, 0.1) is 6.42 Å². The maximum absolute atomic E-state index is 13.0. The first-order chi connectivity index (χ1) is 12.4.